The maximum atomic E-state index is 3.77. The average Bonchev–Trinajstić information content (AvgIpc) is 2.71. The fraction of sp³-hybridized carbons (Fsp3) is 0.765. The molecule has 0 amide bonds. The summed E-state index contributed by atoms with van der Waals surface area (Å²) in [6.07, 6.45) is 6.94. The Kier molecular flexibility index (Phi) is 5.08. The van der Waals surface area contributed by atoms with E-state index in [2.05, 4.69) is 45.1 Å². The minimum Gasteiger partial charge on any atom is -0.309 e. The van der Waals surface area contributed by atoms with Gasteiger partial charge in [0.1, 0.15) is 0 Å². The summed E-state index contributed by atoms with van der Waals surface area (Å²) in [7, 11) is 0. The monoisotopic (exact) mass is 279 g/mol. The van der Waals surface area contributed by atoms with E-state index < -0.39 is 0 Å². The number of rotatable bonds is 3. The lowest BCUT2D eigenvalue weighted by Gasteiger charge is -2.16. The van der Waals surface area contributed by atoms with Gasteiger partial charge in [-0.2, -0.15) is 0 Å². The summed E-state index contributed by atoms with van der Waals surface area (Å²) in [5.41, 5.74) is 0.292. The maximum Gasteiger partial charge on any atom is 0.0302 e. The lowest BCUT2D eigenvalue weighted by molar-refractivity contribution is 0.449. The molecule has 1 aromatic heterocycles. The quantitative estimate of drug-likeness (QED) is 0.759. The highest BCUT2D eigenvalue weighted by atomic mass is 32.1. The summed E-state index contributed by atoms with van der Waals surface area (Å²) in [6, 6.07) is 5.35. The van der Waals surface area contributed by atoms with Gasteiger partial charge >= 0.3 is 0 Å². The summed E-state index contributed by atoms with van der Waals surface area (Å²) < 4.78 is 0. The molecule has 2 heteroatoms. The van der Waals surface area contributed by atoms with Gasteiger partial charge in [0.05, 0.1) is 0 Å². The second-order valence-corrected chi connectivity index (χ2v) is 8.38. The highest BCUT2D eigenvalue weighted by Crippen LogP contribution is 2.29. The van der Waals surface area contributed by atoms with Crippen molar-refractivity contribution in [3.8, 4) is 0 Å². The van der Waals surface area contributed by atoms with Gasteiger partial charge in [0.25, 0.3) is 0 Å². The zero-order valence-electron chi connectivity index (χ0n) is 13.0. The van der Waals surface area contributed by atoms with Crippen LogP contribution in [0.25, 0.3) is 0 Å². The summed E-state index contributed by atoms with van der Waals surface area (Å²) in [4.78, 5) is 2.99. The van der Waals surface area contributed by atoms with E-state index in [4.69, 9.17) is 0 Å². The number of hydrogen-bond acceptors (Lipinski definition) is 2. The average molecular weight is 279 g/mol. The first kappa shape index (κ1) is 15.1. The van der Waals surface area contributed by atoms with Crippen LogP contribution in [0.4, 0.5) is 0 Å². The van der Waals surface area contributed by atoms with Crippen LogP contribution in [0.2, 0.25) is 0 Å². The van der Waals surface area contributed by atoms with E-state index in [-0.39, 0.29) is 0 Å². The molecule has 0 radical (unpaired) electrons. The van der Waals surface area contributed by atoms with Crippen LogP contribution in [0, 0.1) is 5.92 Å². The SMILES string of the molecule is CC1CCCC(NCc2ccc(C(C)(C)C)s2)CC1. The zero-order chi connectivity index (χ0) is 13.9. The van der Waals surface area contributed by atoms with Crippen LogP contribution in [-0.2, 0) is 12.0 Å². The second-order valence-electron chi connectivity index (χ2n) is 7.21. The van der Waals surface area contributed by atoms with Crippen LogP contribution >= 0.6 is 11.3 Å². The smallest absolute Gasteiger partial charge is 0.0302 e. The maximum absolute atomic E-state index is 3.77. The van der Waals surface area contributed by atoms with Crippen molar-refractivity contribution in [3.05, 3.63) is 21.9 Å². The lowest BCUT2D eigenvalue weighted by atomic mass is 9.95. The van der Waals surface area contributed by atoms with E-state index in [0.717, 1.165) is 18.5 Å². The van der Waals surface area contributed by atoms with Crippen molar-refractivity contribution < 1.29 is 0 Å². The van der Waals surface area contributed by atoms with Gasteiger partial charge in [-0.05, 0) is 42.7 Å². The Morgan fingerprint density at radius 3 is 2.63 bits per heavy atom. The molecule has 2 rings (SSSR count). The Labute approximate surface area is 122 Å². The molecule has 1 heterocycles. The molecule has 1 N–H and O–H groups in total. The third-order valence-corrected chi connectivity index (χ3v) is 5.73. The highest BCUT2D eigenvalue weighted by Gasteiger charge is 2.18. The summed E-state index contributed by atoms with van der Waals surface area (Å²) in [6.45, 7) is 10.3. The Morgan fingerprint density at radius 1 is 1.16 bits per heavy atom. The fourth-order valence-corrected chi connectivity index (χ4v) is 3.83. The second kappa shape index (κ2) is 6.41. The first-order valence-corrected chi connectivity index (χ1v) is 8.59. The molecule has 2 atom stereocenters. The fourth-order valence-electron chi connectivity index (χ4n) is 2.81. The number of hydrogen-bond donors (Lipinski definition) is 1. The molecular formula is C17H29NS. The molecule has 0 spiro atoms. The van der Waals surface area contributed by atoms with Gasteiger partial charge in [-0.1, -0.05) is 40.5 Å². The van der Waals surface area contributed by atoms with Crippen molar-refractivity contribution in [2.45, 2.75) is 77.8 Å². The summed E-state index contributed by atoms with van der Waals surface area (Å²) in [5, 5.41) is 3.77. The van der Waals surface area contributed by atoms with Gasteiger partial charge in [-0.15, -0.1) is 11.3 Å². The van der Waals surface area contributed by atoms with Crippen LogP contribution in [0.15, 0.2) is 12.1 Å². The lowest BCUT2D eigenvalue weighted by Crippen LogP contribution is -2.27. The normalized spacial score (nSPS) is 25.3. The Hall–Kier alpha value is -0.340. The van der Waals surface area contributed by atoms with Crippen molar-refractivity contribution in [2.24, 2.45) is 5.92 Å². The van der Waals surface area contributed by atoms with Gasteiger partial charge in [-0.3, -0.25) is 0 Å². The van der Waals surface area contributed by atoms with Gasteiger partial charge < -0.3 is 5.32 Å². The zero-order valence-corrected chi connectivity index (χ0v) is 13.8. The molecule has 0 bridgehead atoms. The minimum absolute atomic E-state index is 0.292. The van der Waals surface area contributed by atoms with Crippen molar-refractivity contribution in [1.82, 2.24) is 5.32 Å². The minimum atomic E-state index is 0.292. The standard InChI is InChI=1S/C17H29NS/c1-13-6-5-7-14(9-8-13)18-12-15-10-11-16(19-15)17(2,3)4/h10-11,13-14,18H,5-9,12H2,1-4H3. The van der Waals surface area contributed by atoms with Crippen LogP contribution < -0.4 is 5.32 Å². The van der Waals surface area contributed by atoms with E-state index in [1.165, 1.54) is 41.9 Å². The van der Waals surface area contributed by atoms with Crippen molar-refractivity contribution >= 4 is 11.3 Å². The third kappa shape index (κ3) is 4.61. The van der Waals surface area contributed by atoms with E-state index in [1.807, 2.05) is 11.3 Å². The van der Waals surface area contributed by atoms with E-state index in [9.17, 15) is 0 Å². The van der Waals surface area contributed by atoms with E-state index in [0.29, 0.717) is 5.41 Å². The molecule has 0 saturated heterocycles. The van der Waals surface area contributed by atoms with Crippen LogP contribution in [0.5, 0.6) is 0 Å². The summed E-state index contributed by atoms with van der Waals surface area (Å²) in [5.74, 6) is 0.932. The number of nitrogens with one attached hydrogen (secondary N) is 1. The van der Waals surface area contributed by atoms with Crippen LogP contribution in [0.3, 0.4) is 0 Å². The Morgan fingerprint density at radius 2 is 1.95 bits per heavy atom. The highest BCUT2D eigenvalue weighted by molar-refractivity contribution is 7.12. The molecule has 1 aliphatic rings. The van der Waals surface area contributed by atoms with Gasteiger partial charge in [0.2, 0.25) is 0 Å². The van der Waals surface area contributed by atoms with Crippen molar-refractivity contribution in [2.75, 3.05) is 0 Å². The molecule has 0 aromatic carbocycles. The first-order chi connectivity index (χ1) is 8.95. The molecule has 19 heavy (non-hydrogen) atoms. The predicted molar refractivity (Wildman–Crippen MR) is 85.9 cm³/mol. The van der Waals surface area contributed by atoms with Gasteiger partial charge in [0, 0.05) is 22.3 Å². The van der Waals surface area contributed by atoms with E-state index >= 15 is 0 Å². The van der Waals surface area contributed by atoms with Gasteiger partial charge in [0.15, 0.2) is 0 Å². The number of thiophene rings is 1. The Bertz CT molecular complexity index is 388. The predicted octanol–water partition coefficient (Wildman–Crippen LogP) is 5.10. The topological polar surface area (TPSA) is 12.0 Å². The summed E-state index contributed by atoms with van der Waals surface area (Å²) >= 11 is 1.97. The van der Waals surface area contributed by atoms with Gasteiger partial charge in [-0.25, -0.2) is 0 Å². The molecular weight excluding hydrogens is 250 g/mol. The largest absolute Gasteiger partial charge is 0.309 e. The molecule has 1 nitrogen and oxygen atoms in total. The molecule has 108 valence electrons. The van der Waals surface area contributed by atoms with Crippen LogP contribution in [0.1, 0.15) is 69.6 Å². The van der Waals surface area contributed by atoms with Crippen molar-refractivity contribution in [3.63, 3.8) is 0 Å². The Balaban J connectivity index is 1.83. The molecule has 1 aromatic rings. The van der Waals surface area contributed by atoms with E-state index in [1.54, 1.807) is 0 Å². The molecule has 2 unspecified atom stereocenters. The first-order valence-electron chi connectivity index (χ1n) is 7.78. The molecule has 1 aliphatic carbocycles. The molecule has 1 fully saturated rings. The molecule has 0 aliphatic heterocycles. The molecule has 1 saturated carbocycles. The van der Waals surface area contributed by atoms with Crippen molar-refractivity contribution in [1.29, 1.82) is 0 Å². The van der Waals surface area contributed by atoms with Crippen LogP contribution in [-0.4, -0.2) is 6.04 Å². The third-order valence-electron chi connectivity index (χ3n) is 4.22.